The summed E-state index contributed by atoms with van der Waals surface area (Å²) in [6.45, 7) is 14.4. The molecule has 0 saturated carbocycles. The Kier molecular flexibility index (Phi) is 7.24. The number of likely N-dealkylation sites (tertiary alicyclic amines) is 1. The van der Waals surface area contributed by atoms with Gasteiger partial charge in [-0.3, -0.25) is 9.89 Å². The van der Waals surface area contributed by atoms with Gasteiger partial charge in [-0.15, -0.1) is 11.3 Å². The number of aliphatic imine (C=N–C) groups is 1. The van der Waals surface area contributed by atoms with Gasteiger partial charge in [0.15, 0.2) is 5.96 Å². The summed E-state index contributed by atoms with van der Waals surface area (Å²) >= 11 is 1.79. The Morgan fingerprint density at radius 1 is 1.38 bits per heavy atom. The van der Waals surface area contributed by atoms with Gasteiger partial charge in [-0.1, -0.05) is 12.2 Å². The molecule has 1 aliphatic heterocycles. The zero-order chi connectivity index (χ0) is 17.5. The van der Waals surface area contributed by atoms with Crippen molar-refractivity contribution in [3.8, 4) is 0 Å². The van der Waals surface area contributed by atoms with E-state index in [2.05, 4.69) is 52.9 Å². The Bertz CT molecular complexity index is 570. The van der Waals surface area contributed by atoms with Crippen LogP contribution in [-0.2, 0) is 6.42 Å². The fourth-order valence-electron chi connectivity index (χ4n) is 3.10. The first-order valence-corrected chi connectivity index (χ1v) is 9.56. The van der Waals surface area contributed by atoms with Crippen LogP contribution in [0.4, 0.5) is 0 Å². The lowest BCUT2D eigenvalue weighted by molar-refractivity contribution is 0.221. The molecule has 0 unspecified atom stereocenters. The summed E-state index contributed by atoms with van der Waals surface area (Å²) in [6.07, 6.45) is 3.30. The van der Waals surface area contributed by atoms with Gasteiger partial charge >= 0.3 is 0 Å². The number of guanidine groups is 1. The van der Waals surface area contributed by atoms with E-state index in [9.17, 15) is 0 Å². The molecule has 2 N–H and O–H groups in total. The monoisotopic (exact) mass is 349 g/mol. The second-order valence-corrected chi connectivity index (χ2v) is 7.93. The van der Waals surface area contributed by atoms with E-state index in [0.29, 0.717) is 6.04 Å². The number of aryl methyl sites for hydroxylation is 2. The summed E-state index contributed by atoms with van der Waals surface area (Å²) in [5.41, 5.74) is 2.40. The van der Waals surface area contributed by atoms with Crippen LogP contribution in [0.2, 0.25) is 0 Å². The van der Waals surface area contributed by atoms with E-state index in [1.165, 1.54) is 10.5 Å². The largest absolute Gasteiger partial charge is 0.356 e. The minimum Gasteiger partial charge on any atom is -0.356 e. The lowest BCUT2D eigenvalue weighted by atomic mass is 10.0. The Labute approximate surface area is 150 Å². The van der Waals surface area contributed by atoms with E-state index in [-0.39, 0.29) is 0 Å². The summed E-state index contributed by atoms with van der Waals surface area (Å²) in [6, 6.07) is 0.505. The molecule has 1 aromatic heterocycles. The summed E-state index contributed by atoms with van der Waals surface area (Å²) in [5.74, 6) is 0.909. The standard InChI is InChI=1S/C18H31N5S/c1-13(2)12-23-10-7-16(8-11-23)22-18(19-5)20-9-6-17-14(3)21-15(4)24-17/h16H,1,6-12H2,2-5H3,(H2,19,20,22). The van der Waals surface area contributed by atoms with Crippen LogP contribution < -0.4 is 10.6 Å². The highest BCUT2D eigenvalue weighted by Crippen LogP contribution is 2.17. The molecule has 2 heterocycles. The normalized spacial score (nSPS) is 17.1. The molecule has 1 aliphatic rings. The van der Waals surface area contributed by atoms with Crippen molar-refractivity contribution in [2.75, 3.05) is 33.2 Å². The van der Waals surface area contributed by atoms with E-state index < -0.39 is 0 Å². The van der Waals surface area contributed by atoms with Crippen LogP contribution in [0, 0.1) is 13.8 Å². The van der Waals surface area contributed by atoms with Gasteiger partial charge in [0, 0.05) is 50.6 Å². The third-order valence-electron chi connectivity index (χ3n) is 4.29. The molecule has 0 amide bonds. The van der Waals surface area contributed by atoms with Gasteiger partial charge in [0.25, 0.3) is 0 Å². The fraction of sp³-hybridized carbons (Fsp3) is 0.667. The Hall–Kier alpha value is -1.40. The third-order valence-corrected chi connectivity index (χ3v) is 5.42. The molecule has 0 aliphatic carbocycles. The highest BCUT2D eigenvalue weighted by atomic mass is 32.1. The first kappa shape index (κ1) is 18.9. The first-order chi connectivity index (χ1) is 11.5. The summed E-state index contributed by atoms with van der Waals surface area (Å²) in [7, 11) is 1.84. The SMILES string of the molecule is C=C(C)CN1CCC(NC(=NC)NCCc2sc(C)nc2C)CC1. The lowest BCUT2D eigenvalue weighted by Crippen LogP contribution is -2.49. The number of thiazole rings is 1. The highest BCUT2D eigenvalue weighted by molar-refractivity contribution is 7.11. The quantitative estimate of drug-likeness (QED) is 0.471. The maximum Gasteiger partial charge on any atom is 0.191 e. The maximum absolute atomic E-state index is 4.48. The number of hydrogen-bond donors (Lipinski definition) is 2. The van der Waals surface area contributed by atoms with Gasteiger partial charge in [0.05, 0.1) is 10.7 Å². The molecule has 134 valence electrons. The minimum absolute atomic E-state index is 0.505. The Morgan fingerprint density at radius 2 is 2.08 bits per heavy atom. The molecule has 0 bridgehead atoms. The van der Waals surface area contributed by atoms with E-state index in [4.69, 9.17) is 0 Å². The summed E-state index contributed by atoms with van der Waals surface area (Å²) in [4.78, 5) is 12.7. The molecule has 1 saturated heterocycles. The number of rotatable bonds is 6. The van der Waals surface area contributed by atoms with Crippen molar-refractivity contribution in [3.05, 3.63) is 27.7 Å². The molecule has 0 radical (unpaired) electrons. The van der Waals surface area contributed by atoms with E-state index in [1.807, 2.05) is 7.05 Å². The minimum atomic E-state index is 0.505. The van der Waals surface area contributed by atoms with Gasteiger partial charge in [-0.2, -0.15) is 0 Å². The van der Waals surface area contributed by atoms with Crippen molar-refractivity contribution < 1.29 is 0 Å². The van der Waals surface area contributed by atoms with Gasteiger partial charge in [0.2, 0.25) is 0 Å². The van der Waals surface area contributed by atoms with Crippen molar-refractivity contribution in [1.29, 1.82) is 0 Å². The Morgan fingerprint density at radius 3 is 2.62 bits per heavy atom. The summed E-state index contributed by atoms with van der Waals surface area (Å²) in [5, 5.41) is 8.14. The van der Waals surface area contributed by atoms with Crippen LogP contribution >= 0.6 is 11.3 Å². The van der Waals surface area contributed by atoms with Gasteiger partial charge in [-0.25, -0.2) is 4.98 Å². The van der Waals surface area contributed by atoms with E-state index >= 15 is 0 Å². The van der Waals surface area contributed by atoms with E-state index in [1.54, 1.807) is 11.3 Å². The molecule has 1 fully saturated rings. The van der Waals surface area contributed by atoms with Crippen LogP contribution in [0.3, 0.4) is 0 Å². The molecular formula is C18H31N5S. The second kappa shape index (κ2) is 9.18. The van der Waals surface area contributed by atoms with Gasteiger partial charge < -0.3 is 10.6 Å². The molecule has 0 aromatic carbocycles. The number of piperidine rings is 1. The molecule has 1 aromatic rings. The van der Waals surface area contributed by atoms with Crippen LogP contribution in [0.1, 0.15) is 35.3 Å². The van der Waals surface area contributed by atoms with Crippen LogP contribution in [0.15, 0.2) is 17.1 Å². The van der Waals surface area contributed by atoms with Crippen molar-refractivity contribution >= 4 is 17.3 Å². The van der Waals surface area contributed by atoms with E-state index in [0.717, 1.165) is 62.1 Å². The molecule has 0 atom stereocenters. The Balaban J connectivity index is 1.71. The second-order valence-electron chi connectivity index (χ2n) is 6.64. The lowest BCUT2D eigenvalue weighted by Gasteiger charge is -2.33. The zero-order valence-electron chi connectivity index (χ0n) is 15.5. The van der Waals surface area contributed by atoms with Crippen LogP contribution in [-0.4, -0.2) is 55.1 Å². The van der Waals surface area contributed by atoms with Gasteiger partial charge in [-0.05, 0) is 33.6 Å². The number of nitrogens with one attached hydrogen (secondary N) is 2. The molecule has 0 spiro atoms. The zero-order valence-corrected chi connectivity index (χ0v) is 16.3. The first-order valence-electron chi connectivity index (χ1n) is 8.74. The van der Waals surface area contributed by atoms with Crippen LogP contribution in [0.5, 0.6) is 0 Å². The fourth-order valence-corrected chi connectivity index (χ4v) is 4.04. The molecule has 24 heavy (non-hydrogen) atoms. The van der Waals surface area contributed by atoms with Crippen molar-refractivity contribution in [1.82, 2.24) is 20.5 Å². The van der Waals surface area contributed by atoms with Crippen molar-refractivity contribution in [3.63, 3.8) is 0 Å². The molecule has 5 nitrogen and oxygen atoms in total. The van der Waals surface area contributed by atoms with Crippen molar-refractivity contribution in [2.45, 2.75) is 46.1 Å². The van der Waals surface area contributed by atoms with Crippen molar-refractivity contribution in [2.24, 2.45) is 4.99 Å². The molecule has 6 heteroatoms. The predicted octanol–water partition coefficient (Wildman–Crippen LogP) is 2.51. The highest BCUT2D eigenvalue weighted by Gasteiger charge is 2.19. The van der Waals surface area contributed by atoms with Crippen LogP contribution in [0.25, 0.3) is 0 Å². The number of hydrogen-bond acceptors (Lipinski definition) is 4. The maximum atomic E-state index is 4.48. The predicted molar refractivity (Wildman–Crippen MR) is 104 cm³/mol. The average molecular weight is 350 g/mol. The third kappa shape index (κ3) is 5.91. The smallest absolute Gasteiger partial charge is 0.191 e. The number of nitrogens with zero attached hydrogens (tertiary/aromatic N) is 3. The molecular weight excluding hydrogens is 318 g/mol. The topological polar surface area (TPSA) is 52.5 Å². The summed E-state index contributed by atoms with van der Waals surface area (Å²) < 4.78 is 0. The molecule has 2 rings (SSSR count). The average Bonchev–Trinajstić information content (AvgIpc) is 2.85. The number of aromatic nitrogens is 1. The van der Waals surface area contributed by atoms with Gasteiger partial charge in [0.1, 0.15) is 0 Å².